The van der Waals surface area contributed by atoms with Crippen LogP contribution in [-0.2, 0) is 4.79 Å². The van der Waals surface area contributed by atoms with E-state index in [0.717, 1.165) is 0 Å². The number of fused-ring (bicyclic) bond motifs is 1. The smallest absolute Gasteiger partial charge is 0.266 e. The molecule has 0 unspecified atom stereocenters. The summed E-state index contributed by atoms with van der Waals surface area (Å²) in [6.07, 6.45) is 1.42. The summed E-state index contributed by atoms with van der Waals surface area (Å²) in [6, 6.07) is 14.0. The second-order valence-electron chi connectivity index (χ2n) is 6.66. The number of benzene rings is 2. The number of anilines is 1. The van der Waals surface area contributed by atoms with Crippen LogP contribution in [0.25, 0.3) is 11.8 Å². The number of nitrogens with zero attached hydrogens (tertiary/aromatic N) is 3. The van der Waals surface area contributed by atoms with E-state index < -0.39 is 5.91 Å². The maximum atomic E-state index is 12.7. The van der Waals surface area contributed by atoms with E-state index in [1.165, 1.54) is 10.8 Å². The fraction of sp³-hybridized carbons (Fsp3) is 0.136. The van der Waals surface area contributed by atoms with Gasteiger partial charge >= 0.3 is 0 Å². The number of aromatic nitrogens is 2. The highest BCUT2D eigenvalue weighted by molar-refractivity contribution is 6.32. The Hall–Kier alpha value is -3.47. The lowest BCUT2D eigenvalue weighted by atomic mass is 10.1. The summed E-state index contributed by atoms with van der Waals surface area (Å²) in [5.74, 6) is 0.564. The van der Waals surface area contributed by atoms with Crippen molar-refractivity contribution in [3.63, 3.8) is 0 Å². The van der Waals surface area contributed by atoms with Gasteiger partial charge in [-0.1, -0.05) is 29.3 Å². The van der Waals surface area contributed by atoms with E-state index in [-0.39, 0.29) is 10.7 Å². The normalized spacial score (nSPS) is 12.9. The van der Waals surface area contributed by atoms with E-state index >= 15 is 0 Å². The van der Waals surface area contributed by atoms with Gasteiger partial charge in [-0.25, -0.2) is 4.68 Å². The Balaban J connectivity index is 1.61. The van der Waals surface area contributed by atoms with Crippen LogP contribution in [0.4, 0.5) is 5.69 Å². The molecule has 0 spiro atoms. The molecule has 0 atom stereocenters. The summed E-state index contributed by atoms with van der Waals surface area (Å²) in [6.45, 7) is 2.65. The molecular weight excluding hydrogens is 439 g/mol. The summed E-state index contributed by atoms with van der Waals surface area (Å²) in [5.41, 5.74) is 2.05. The first-order valence-corrected chi connectivity index (χ1v) is 10.1. The fourth-order valence-electron chi connectivity index (χ4n) is 3.07. The highest BCUT2D eigenvalue weighted by Gasteiger charge is 2.18. The van der Waals surface area contributed by atoms with E-state index in [4.69, 9.17) is 32.7 Å². The minimum atomic E-state index is -0.579. The maximum Gasteiger partial charge on any atom is 0.266 e. The molecule has 0 aliphatic carbocycles. The molecule has 31 heavy (non-hydrogen) atoms. The number of rotatable bonds is 4. The zero-order valence-corrected chi connectivity index (χ0v) is 17.9. The average molecular weight is 455 g/mol. The molecule has 0 fully saturated rings. The van der Waals surface area contributed by atoms with Crippen molar-refractivity contribution >= 4 is 40.9 Å². The summed E-state index contributed by atoms with van der Waals surface area (Å²) in [5, 5.41) is 17.5. The van der Waals surface area contributed by atoms with Crippen molar-refractivity contribution in [1.82, 2.24) is 9.78 Å². The largest absolute Gasteiger partial charge is 0.486 e. The molecule has 1 aliphatic rings. The third-order valence-corrected chi connectivity index (χ3v) is 5.15. The summed E-state index contributed by atoms with van der Waals surface area (Å²) >= 11 is 12.6. The van der Waals surface area contributed by atoms with E-state index in [0.29, 0.717) is 52.4 Å². The van der Waals surface area contributed by atoms with Crippen molar-refractivity contribution in [3.8, 4) is 23.3 Å². The zero-order chi connectivity index (χ0) is 22.0. The molecule has 0 saturated heterocycles. The predicted octanol–water partition coefficient (Wildman–Crippen LogP) is 4.80. The standard InChI is InChI=1S/C22H16Cl2N4O3/c1-13-18(21(24)28(27-13)17-4-2-3-15(23)10-17)9-14(12-25)22(29)26-16-5-6-19-20(11-16)31-8-7-30-19/h2-6,9-11H,7-8H2,1H3,(H,26,29)/b14-9+. The van der Waals surface area contributed by atoms with E-state index in [1.807, 2.05) is 6.07 Å². The molecule has 9 heteroatoms. The lowest BCUT2D eigenvalue weighted by Gasteiger charge is -2.18. The molecule has 156 valence electrons. The first-order chi connectivity index (χ1) is 15.0. The number of carbonyl (C=O) groups excluding carboxylic acids is 1. The SMILES string of the molecule is Cc1nn(-c2cccc(Cl)c2)c(Cl)c1/C=C(\C#N)C(=O)Nc1ccc2c(c1)OCCO2. The van der Waals surface area contributed by atoms with Gasteiger partial charge in [0.15, 0.2) is 11.5 Å². The lowest BCUT2D eigenvalue weighted by Crippen LogP contribution is -2.17. The van der Waals surface area contributed by atoms with E-state index in [1.54, 1.807) is 49.4 Å². The van der Waals surface area contributed by atoms with Crippen molar-refractivity contribution in [2.75, 3.05) is 18.5 Å². The van der Waals surface area contributed by atoms with Crippen LogP contribution in [-0.4, -0.2) is 28.9 Å². The summed E-state index contributed by atoms with van der Waals surface area (Å²) < 4.78 is 12.5. The van der Waals surface area contributed by atoms with Gasteiger partial charge in [-0.15, -0.1) is 0 Å². The van der Waals surface area contributed by atoms with E-state index in [9.17, 15) is 10.1 Å². The Morgan fingerprint density at radius 1 is 1.19 bits per heavy atom. The Bertz CT molecular complexity index is 1240. The monoisotopic (exact) mass is 454 g/mol. The van der Waals surface area contributed by atoms with Gasteiger partial charge in [0, 0.05) is 22.3 Å². The van der Waals surface area contributed by atoms with Crippen LogP contribution in [0.3, 0.4) is 0 Å². The third kappa shape index (κ3) is 4.36. The molecule has 0 radical (unpaired) electrons. The first kappa shape index (κ1) is 20.8. The Labute approximate surface area is 188 Å². The number of carbonyl (C=O) groups is 1. The number of nitrogens with one attached hydrogen (secondary N) is 1. The van der Waals surface area contributed by atoms with Crippen LogP contribution in [0.1, 0.15) is 11.3 Å². The van der Waals surface area contributed by atoms with Crippen molar-refractivity contribution in [2.45, 2.75) is 6.92 Å². The molecule has 4 rings (SSSR count). The van der Waals surface area contributed by atoms with E-state index in [2.05, 4.69) is 10.4 Å². The molecule has 1 amide bonds. The summed E-state index contributed by atoms with van der Waals surface area (Å²) in [7, 11) is 0. The van der Waals surface area contributed by atoms with Gasteiger partial charge in [0.05, 0.1) is 11.4 Å². The van der Waals surface area contributed by atoms with Crippen LogP contribution in [0, 0.1) is 18.3 Å². The molecular formula is C22H16Cl2N4O3. The number of amides is 1. The summed E-state index contributed by atoms with van der Waals surface area (Å²) in [4.78, 5) is 12.7. The number of aryl methyl sites for hydroxylation is 1. The average Bonchev–Trinajstić information content (AvgIpc) is 3.05. The number of halogens is 2. The lowest BCUT2D eigenvalue weighted by molar-refractivity contribution is -0.112. The van der Waals surface area contributed by atoms with Gasteiger partial charge < -0.3 is 14.8 Å². The maximum absolute atomic E-state index is 12.7. The van der Waals surface area contributed by atoms with Crippen molar-refractivity contribution in [2.24, 2.45) is 0 Å². The molecule has 1 aliphatic heterocycles. The Kier molecular flexibility index (Phi) is 5.85. The second kappa shape index (κ2) is 8.72. The first-order valence-electron chi connectivity index (χ1n) is 9.30. The van der Waals surface area contributed by atoms with Crippen molar-refractivity contribution < 1.29 is 14.3 Å². The number of hydrogen-bond acceptors (Lipinski definition) is 5. The van der Waals surface area contributed by atoms with Crippen LogP contribution in [0.15, 0.2) is 48.0 Å². The molecule has 3 aromatic rings. The topological polar surface area (TPSA) is 89.2 Å². The van der Waals surface area contributed by atoms with Gasteiger partial charge in [0.25, 0.3) is 5.91 Å². The molecule has 7 nitrogen and oxygen atoms in total. The van der Waals surface area contributed by atoms with Crippen molar-refractivity contribution in [3.05, 3.63) is 69.5 Å². The Morgan fingerprint density at radius 3 is 2.71 bits per heavy atom. The van der Waals surface area contributed by atoms with Crippen LogP contribution < -0.4 is 14.8 Å². The van der Waals surface area contributed by atoms with Crippen LogP contribution in [0.2, 0.25) is 10.2 Å². The van der Waals surface area contributed by atoms with Gasteiger partial charge in [-0.05, 0) is 43.3 Å². The number of hydrogen-bond donors (Lipinski definition) is 1. The molecule has 0 bridgehead atoms. The quantitative estimate of drug-likeness (QED) is 0.451. The third-order valence-electron chi connectivity index (χ3n) is 4.55. The zero-order valence-electron chi connectivity index (χ0n) is 16.4. The van der Waals surface area contributed by atoms with Gasteiger partial charge in [-0.3, -0.25) is 4.79 Å². The minimum absolute atomic E-state index is 0.120. The molecule has 2 heterocycles. The molecule has 0 saturated carbocycles. The van der Waals surface area contributed by atoms with Gasteiger partial charge in [0.1, 0.15) is 30.0 Å². The minimum Gasteiger partial charge on any atom is -0.486 e. The molecule has 1 aromatic heterocycles. The number of ether oxygens (including phenoxy) is 2. The highest BCUT2D eigenvalue weighted by atomic mass is 35.5. The van der Waals surface area contributed by atoms with Crippen LogP contribution in [0.5, 0.6) is 11.5 Å². The van der Waals surface area contributed by atoms with Gasteiger partial charge in [-0.2, -0.15) is 10.4 Å². The number of nitriles is 1. The van der Waals surface area contributed by atoms with Gasteiger partial charge in [0.2, 0.25) is 0 Å². The molecule has 2 aromatic carbocycles. The highest BCUT2D eigenvalue weighted by Crippen LogP contribution is 2.33. The predicted molar refractivity (Wildman–Crippen MR) is 118 cm³/mol. The molecule has 1 N–H and O–H groups in total. The second-order valence-corrected chi connectivity index (χ2v) is 7.46. The Morgan fingerprint density at radius 2 is 1.97 bits per heavy atom. The van der Waals surface area contributed by atoms with Crippen molar-refractivity contribution in [1.29, 1.82) is 5.26 Å². The van der Waals surface area contributed by atoms with Crippen LogP contribution >= 0.6 is 23.2 Å². The fourth-order valence-corrected chi connectivity index (χ4v) is 3.58.